The summed E-state index contributed by atoms with van der Waals surface area (Å²) >= 11 is 13.2. The summed E-state index contributed by atoms with van der Waals surface area (Å²) < 4.78 is 3.13. The van der Waals surface area contributed by atoms with Gasteiger partial charge in [-0.2, -0.15) is 0 Å². The molecule has 1 rings (SSSR count). The third-order valence-corrected chi connectivity index (χ3v) is 2.58. The van der Waals surface area contributed by atoms with Crippen molar-refractivity contribution in [1.29, 1.82) is 0 Å². The van der Waals surface area contributed by atoms with Crippen molar-refractivity contribution in [3.05, 3.63) is 33.8 Å². The Bertz CT molecular complexity index is 265. The van der Waals surface area contributed by atoms with Crippen LogP contribution in [0.5, 0.6) is 0 Å². The molecule has 12 heavy (non-hydrogen) atoms. The number of hydrogen-bond acceptors (Lipinski definition) is 2. The molecule has 4 heteroatoms. The first-order valence-electron chi connectivity index (χ1n) is 3.44. The van der Waals surface area contributed by atoms with Crippen LogP contribution in [0.2, 0.25) is 10.0 Å². The maximum atomic E-state index is 5.83. The van der Waals surface area contributed by atoms with Gasteiger partial charge < -0.3 is 0 Å². The van der Waals surface area contributed by atoms with Crippen LogP contribution < -0.4 is 4.72 Å². The summed E-state index contributed by atoms with van der Waals surface area (Å²) in [6, 6.07) is 5.63. The summed E-state index contributed by atoms with van der Waals surface area (Å²) in [4.78, 5) is 0. The third-order valence-electron chi connectivity index (χ3n) is 1.40. The molecule has 0 heterocycles. The van der Waals surface area contributed by atoms with Crippen LogP contribution in [-0.4, -0.2) is 6.26 Å². The van der Waals surface area contributed by atoms with E-state index in [0.29, 0.717) is 10.0 Å². The molecule has 0 aliphatic rings. The highest BCUT2D eigenvalue weighted by atomic mass is 35.5. The van der Waals surface area contributed by atoms with Crippen LogP contribution in [0, 0.1) is 0 Å². The molecule has 0 radical (unpaired) electrons. The molecule has 1 N–H and O–H groups in total. The summed E-state index contributed by atoms with van der Waals surface area (Å²) in [6.45, 7) is 0.804. The molecular weight excluding hydrogens is 213 g/mol. The molecule has 0 aliphatic carbocycles. The van der Waals surface area contributed by atoms with Crippen LogP contribution in [0.3, 0.4) is 0 Å². The minimum atomic E-state index is 0.601. The number of rotatable bonds is 3. The SMILES string of the molecule is CSNCc1ccc(Cl)c(Cl)c1. The first kappa shape index (κ1) is 10.2. The van der Waals surface area contributed by atoms with Gasteiger partial charge in [0.15, 0.2) is 0 Å². The lowest BCUT2D eigenvalue weighted by Gasteiger charge is -2.02. The lowest BCUT2D eigenvalue weighted by Crippen LogP contribution is -2.01. The van der Waals surface area contributed by atoms with Gasteiger partial charge in [0, 0.05) is 6.54 Å². The maximum Gasteiger partial charge on any atom is 0.0595 e. The first-order valence-corrected chi connectivity index (χ1v) is 5.42. The quantitative estimate of drug-likeness (QED) is 0.787. The second-order valence-electron chi connectivity index (χ2n) is 2.27. The molecule has 1 nitrogen and oxygen atoms in total. The lowest BCUT2D eigenvalue weighted by molar-refractivity contribution is 0.980. The number of benzene rings is 1. The molecule has 1 aromatic rings. The standard InChI is InChI=1S/C8H9Cl2NS/c1-12-11-5-6-2-3-7(9)8(10)4-6/h2-4,11H,5H2,1H3. The molecule has 0 atom stereocenters. The molecule has 1 aromatic carbocycles. The minimum Gasteiger partial charge on any atom is -0.260 e. The Balaban J connectivity index is 2.69. The smallest absolute Gasteiger partial charge is 0.0595 e. The highest BCUT2D eigenvalue weighted by Gasteiger charge is 1.98. The van der Waals surface area contributed by atoms with Gasteiger partial charge in [-0.05, 0) is 24.0 Å². The lowest BCUT2D eigenvalue weighted by atomic mass is 10.2. The molecule has 0 bridgehead atoms. The molecule has 0 saturated heterocycles. The zero-order valence-corrected chi connectivity index (χ0v) is 8.93. The first-order chi connectivity index (χ1) is 5.74. The van der Waals surface area contributed by atoms with Crippen molar-refractivity contribution in [2.45, 2.75) is 6.54 Å². The van der Waals surface area contributed by atoms with Crippen LogP contribution in [0.25, 0.3) is 0 Å². The van der Waals surface area contributed by atoms with E-state index in [1.54, 1.807) is 18.0 Å². The molecule has 0 saturated carbocycles. The van der Waals surface area contributed by atoms with E-state index in [1.165, 1.54) is 0 Å². The summed E-state index contributed by atoms with van der Waals surface area (Å²) in [5, 5.41) is 1.21. The summed E-state index contributed by atoms with van der Waals surface area (Å²) in [6.07, 6.45) is 1.98. The molecule has 0 aromatic heterocycles. The van der Waals surface area contributed by atoms with Crippen molar-refractivity contribution in [1.82, 2.24) is 4.72 Å². The van der Waals surface area contributed by atoms with Gasteiger partial charge in [0.1, 0.15) is 0 Å². The Morgan fingerprint density at radius 1 is 1.33 bits per heavy atom. The Hall–Kier alpha value is 0.110. The van der Waals surface area contributed by atoms with Crippen LogP contribution >= 0.6 is 35.1 Å². The van der Waals surface area contributed by atoms with Crippen molar-refractivity contribution in [3.8, 4) is 0 Å². The van der Waals surface area contributed by atoms with E-state index in [0.717, 1.165) is 12.1 Å². The molecule has 0 fully saturated rings. The number of halogens is 2. The third kappa shape index (κ3) is 2.87. The zero-order chi connectivity index (χ0) is 8.97. The maximum absolute atomic E-state index is 5.83. The minimum absolute atomic E-state index is 0.601. The molecule has 0 amide bonds. The van der Waals surface area contributed by atoms with Crippen LogP contribution in [0.4, 0.5) is 0 Å². The van der Waals surface area contributed by atoms with Crippen LogP contribution in [0.1, 0.15) is 5.56 Å². The van der Waals surface area contributed by atoms with E-state index in [9.17, 15) is 0 Å². The second-order valence-corrected chi connectivity index (χ2v) is 3.79. The predicted octanol–water partition coefficient (Wildman–Crippen LogP) is 3.36. The van der Waals surface area contributed by atoms with Gasteiger partial charge in [-0.15, -0.1) is 0 Å². The topological polar surface area (TPSA) is 12.0 Å². The molecule has 0 spiro atoms. The van der Waals surface area contributed by atoms with Crippen LogP contribution in [0.15, 0.2) is 18.2 Å². The van der Waals surface area contributed by atoms with E-state index in [1.807, 2.05) is 18.4 Å². The molecule has 0 unspecified atom stereocenters. The van der Waals surface area contributed by atoms with E-state index in [-0.39, 0.29) is 0 Å². The fourth-order valence-corrected chi connectivity index (χ4v) is 1.44. The largest absolute Gasteiger partial charge is 0.260 e. The highest BCUT2D eigenvalue weighted by molar-refractivity contribution is 7.96. The van der Waals surface area contributed by atoms with E-state index in [2.05, 4.69) is 4.72 Å². The van der Waals surface area contributed by atoms with Crippen molar-refractivity contribution in [2.75, 3.05) is 6.26 Å². The number of nitrogens with one attached hydrogen (secondary N) is 1. The number of hydrogen-bond donors (Lipinski definition) is 1. The van der Waals surface area contributed by atoms with Gasteiger partial charge in [-0.25, -0.2) is 0 Å². The van der Waals surface area contributed by atoms with E-state index < -0.39 is 0 Å². The van der Waals surface area contributed by atoms with Crippen molar-refractivity contribution >= 4 is 35.1 Å². The summed E-state index contributed by atoms with van der Waals surface area (Å²) in [5.74, 6) is 0. The molecule has 0 aliphatic heterocycles. The zero-order valence-electron chi connectivity index (χ0n) is 6.60. The average molecular weight is 222 g/mol. The van der Waals surface area contributed by atoms with Crippen molar-refractivity contribution in [3.63, 3.8) is 0 Å². The second kappa shape index (κ2) is 4.97. The Kier molecular flexibility index (Phi) is 4.22. The average Bonchev–Trinajstić information content (AvgIpc) is 2.07. The Morgan fingerprint density at radius 2 is 2.08 bits per heavy atom. The molecular formula is C8H9Cl2NS. The van der Waals surface area contributed by atoms with Gasteiger partial charge >= 0.3 is 0 Å². The Labute approximate surface area is 86.6 Å². The van der Waals surface area contributed by atoms with Gasteiger partial charge in [0.05, 0.1) is 10.0 Å². The van der Waals surface area contributed by atoms with E-state index >= 15 is 0 Å². The van der Waals surface area contributed by atoms with E-state index in [4.69, 9.17) is 23.2 Å². The fourth-order valence-electron chi connectivity index (χ4n) is 0.805. The van der Waals surface area contributed by atoms with Gasteiger partial charge in [0.2, 0.25) is 0 Å². The molecule has 66 valence electrons. The monoisotopic (exact) mass is 221 g/mol. The van der Waals surface area contributed by atoms with Gasteiger partial charge in [-0.1, -0.05) is 41.2 Å². The fraction of sp³-hybridized carbons (Fsp3) is 0.250. The van der Waals surface area contributed by atoms with Crippen LogP contribution in [-0.2, 0) is 6.54 Å². The van der Waals surface area contributed by atoms with Crippen molar-refractivity contribution in [2.24, 2.45) is 0 Å². The Morgan fingerprint density at radius 3 is 2.67 bits per heavy atom. The predicted molar refractivity (Wildman–Crippen MR) is 56.8 cm³/mol. The summed E-state index contributed by atoms with van der Waals surface area (Å²) in [7, 11) is 0. The normalized spacial score (nSPS) is 10.2. The highest BCUT2D eigenvalue weighted by Crippen LogP contribution is 2.22. The van der Waals surface area contributed by atoms with Gasteiger partial charge in [-0.3, -0.25) is 4.72 Å². The summed E-state index contributed by atoms with van der Waals surface area (Å²) in [5.41, 5.74) is 1.14. The van der Waals surface area contributed by atoms with Crippen molar-refractivity contribution < 1.29 is 0 Å². The van der Waals surface area contributed by atoms with Gasteiger partial charge in [0.25, 0.3) is 0 Å².